The maximum absolute atomic E-state index is 12.6. The van der Waals surface area contributed by atoms with Gasteiger partial charge in [0.1, 0.15) is 5.82 Å². The van der Waals surface area contributed by atoms with Crippen LogP contribution in [0, 0.1) is 5.92 Å². The Hall–Kier alpha value is -1.53. The lowest BCUT2D eigenvalue weighted by Crippen LogP contribution is -2.42. The van der Waals surface area contributed by atoms with Crippen LogP contribution in [0.4, 0.5) is 24.9 Å². The third-order valence-electron chi connectivity index (χ3n) is 2.87. The van der Waals surface area contributed by atoms with Gasteiger partial charge < -0.3 is 10.6 Å². The molecule has 0 aliphatic carbocycles. The van der Waals surface area contributed by atoms with Gasteiger partial charge in [0.15, 0.2) is 0 Å². The zero-order chi connectivity index (χ0) is 12.5. The molecular formula is C10H13F3N4. The van der Waals surface area contributed by atoms with E-state index >= 15 is 0 Å². The van der Waals surface area contributed by atoms with Crippen molar-refractivity contribution in [1.82, 2.24) is 9.97 Å². The van der Waals surface area contributed by atoms with E-state index in [-0.39, 0.29) is 18.9 Å². The van der Waals surface area contributed by atoms with Gasteiger partial charge in [-0.2, -0.15) is 18.2 Å². The van der Waals surface area contributed by atoms with Crippen LogP contribution in [0.2, 0.25) is 0 Å². The summed E-state index contributed by atoms with van der Waals surface area (Å²) in [7, 11) is 0. The Balaban J connectivity index is 2.12. The molecule has 2 N–H and O–H groups in total. The van der Waals surface area contributed by atoms with Crippen LogP contribution in [-0.2, 0) is 0 Å². The van der Waals surface area contributed by atoms with Gasteiger partial charge in [-0.25, -0.2) is 4.98 Å². The maximum atomic E-state index is 12.6. The van der Waals surface area contributed by atoms with Gasteiger partial charge in [-0.05, 0) is 18.9 Å². The lowest BCUT2D eigenvalue weighted by Gasteiger charge is -2.34. The van der Waals surface area contributed by atoms with E-state index < -0.39 is 12.1 Å². The SMILES string of the molecule is Nc1nccc(N2CCCC(C(F)(F)F)C2)n1. The fraction of sp³-hybridized carbons (Fsp3) is 0.600. The standard InChI is InChI=1S/C10H13F3N4/c11-10(12,13)7-2-1-5-17(6-7)8-3-4-15-9(14)16-8/h3-4,7H,1-2,5-6H2,(H2,14,15,16). The zero-order valence-corrected chi connectivity index (χ0v) is 9.11. The third kappa shape index (κ3) is 2.78. The van der Waals surface area contributed by atoms with Crippen molar-refractivity contribution >= 4 is 11.8 Å². The van der Waals surface area contributed by atoms with E-state index in [1.54, 1.807) is 11.0 Å². The molecule has 1 saturated heterocycles. The van der Waals surface area contributed by atoms with Crippen LogP contribution in [0.3, 0.4) is 0 Å². The van der Waals surface area contributed by atoms with Crippen molar-refractivity contribution in [3.05, 3.63) is 12.3 Å². The second-order valence-electron chi connectivity index (χ2n) is 4.10. The normalized spacial score (nSPS) is 21.6. The first kappa shape index (κ1) is 11.9. The molecule has 1 aliphatic heterocycles. The van der Waals surface area contributed by atoms with Crippen LogP contribution in [-0.4, -0.2) is 29.2 Å². The van der Waals surface area contributed by atoms with E-state index in [0.717, 1.165) is 0 Å². The molecule has 1 unspecified atom stereocenters. The molecule has 4 nitrogen and oxygen atoms in total. The smallest absolute Gasteiger partial charge is 0.368 e. The van der Waals surface area contributed by atoms with Gasteiger partial charge >= 0.3 is 6.18 Å². The van der Waals surface area contributed by atoms with Crippen LogP contribution < -0.4 is 10.6 Å². The monoisotopic (exact) mass is 246 g/mol. The maximum Gasteiger partial charge on any atom is 0.393 e. The minimum absolute atomic E-state index is 0.0556. The Kier molecular flexibility index (Phi) is 3.08. The Labute approximate surface area is 96.7 Å². The highest BCUT2D eigenvalue weighted by molar-refractivity contribution is 5.41. The summed E-state index contributed by atoms with van der Waals surface area (Å²) in [6.45, 7) is 0.517. The molecule has 0 amide bonds. The second kappa shape index (κ2) is 4.38. The Morgan fingerprint density at radius 3 is 2.82 bits per heavy atom. The highest BCUT2D eigenvalue weighted by Gasteiger charge is 2.42. The fourth-order valence-corrected chi connectivity index (χ4v) is 1.99. The average molecular weight is 246 g/mol. The number of hydrogen-bond donors (Lipinski definition) is 1. The highest BCUT2D eigenvalue weighted by atomic mass is 19.4. The van der Waals surface area contributed by atoms with Crippen molar-refractivity contribution in [3.8, 4) is 0 Å². The van der Waals surface area contributed by atoms with Crippen molar-refractivity contribution in [3.63, 3.8) is 0 Å². The van der Waals surface area contributed by atoms with E-state index in [0.29, 0.717) is 18.8 Å². The molecule has 94 valence electrons. The van der Waals surface area contributed by atoms with E-state index in [4.69, 9.17) is 5.73 Å². The summed E-state index contributed by atoms with van der Waals surface area (Å²) < 4.78 is 37.9. The predicted octanol–water partition coefficient (Wildman–Crippen LogP) is 1.84. The van der Waals surface area contributed by atoms with Crippen LogP contribution in [0.1, 0.15) is 12.8 Å². The number of aromatic nitrogens is 2. The third-order valence-corrected chi connectivity index (χ3v) is 2.87. The molecule has 1 fully saturated rings. The molecule has 0 spiro atoms. The van der Waals surface area contributed by atoms with Gasteiger partial charge in [-0.1, -0.05) is 0 Å². The van der Waals surface area contributed by atoms with Gasteiger partial charge in [-0.15, -0.1) is 0 Å². The van der Waals surface area contributed by atoms with Crippen molar-refractivity contribution in [2.75, 3.05) is 23.7 Å². The summed E-state index contributed by atoms with van der Waals surface area (Å²) in [6, 6.07) is 1.58. The number of halogens is 3. The molecule has 1 aromatic rings. The summed E-state index contributed by atoms with van der Waals surface area (Å²) in [5.74, 6) is -0.740. The minimum Gasteiger partial charge on any atom is -0.368 e. The Morgan fingerprint density at radius 2 is 2.18 bits per heavy atom. The van der Waals surface area contributed by atoms with Crippen molar-refractivity contribution < 1.29 is 13.2 Å². The lowest BCUT2D eigenvalue weighted by atomic mass is 9.97. The van der Waals surface area contributed by atoms with Crippen molar-refractivity contribution in [2.45, 2.75) is 19.0 Å². The van der Waals surface area contributed by atoms with Gasteiger partial charge in [0.25, 0.3) is 0 Å². The summed E-state index contributed by atoms with van der Waals surface area (Å²) in [5, 5.41) is 0. The highest BCUT2D eigenvalue weighted by Crippen LogP contribution is 2.34. The number of alkyl halides is 3. The van der Waals surface area contributed by atoms with E-state index in [9.17, 15) is 13.2 Å². The van der Waals surface area contributed by atoms with Gasteiger partial charge in [0.2, 0.25) is 5.95 Å². The Bertz CT molecular complexity index is 393. The second-order valence-corrected chi connectivity index (χ2v) is 4.10. The molecule has 2 heterocycles. The van der Waals surface area contributed by atoms with Crippen molar-refractivity contribution in [1.29, 1.82) is 0 Å². The quantitative estimate of drug-likeness (QED) is 0.821. The summed E-state index contributed by atoms with van der Waals surface area (Å²) >= 11 is 0. The predicted molar refractivity (Wildman–Crippen MR) is 57.4 cm³/mol. The molecule has 7 heteroatoms. The topological polar surface area (TPSA) is 55.0 Å². The summed E-state index contributed by atoms with van der Waals surface area (Å²) in [4.78, 5) is 9.27. The van der Waals surface area contributed by atoms with Crippen LogP contribution >= 0.6 is 0 Å². The number of nitrogens with two attached hydrogens (primary N) is 1. The molecule has 0 radical (unpaired) electrons. The van der Waals surface area contributed by atoms with E-state index in [2.05, 4.69) is 9.97 Å². The lowest BCUT2D eigenvalue weighted by molar-refractivity contribution is -0.176. The number of hydrogen-bond acceptors (Lipinski definition) is 4. The molecule has 17 heavy (non-hydrogen) atoms. The molecule has 0 saturated carbocycles. The summed E-state index contributed by atoms with van der Waals surface area (Å²) in [6.07, 6.45) is -2.00. The average Bonchev–Trinajstić information content (AvgIpc) is 2.28. The molecule has 1 aromatic heterocycles. The van der Waals surface area contributed by atoms with E-state index in [1.165, 1.54) is 6.20 Å². The van der Waals surface area contributed by atoms with Gasteiger partial charge in [0, 0.05) is 19.3 Å². The number of anilines is 2. The molecule has 2 rings (SSSR count). The first-order valence-corrected chi connectivity index (χ1v) is 5.37. The molecule has 1 aliphatic rings. The Morgan fingerprint density at radius 1 is 1.41 bits per heavy atom. The van der Waals surface area contributed by atoms with Crippen LogP contribution in [0.15, 0.2) is 12.3 Å². The van der Waals surface area contributed by atoms with Gasteiger partial charge in [-0.3, -0.25) is 0 Å². The fourth-order valence-electron chi connectivity index (χ4n) is 1.99. The molecule has 0 aromatic carbocycles. The van der Waals surface area contributed by atoms with E-state index in [1.807, 2.05) is 0 Å². The molecular weight excluding hydrogens is 233 g/mol. The minimum atomic E-state index is -4.14. The number of piperidine rings is 1. The molecule has 1 atom stereocenters. The van der Waals surface area contributed by atoms with Crippen molar-refractivity contribution in [2.24, 2.45) is 5.92 Å². The number of nitrogens with zero attached hydrogens (tertiary/aromatic N) is 3. The first-order valence-electron chi connectivity index (χ1n) is 5.37. The first-order chi connectivity index (χ1) is 7.97. The largest absolute Gasteiger partial charge is 0.393 e. The van der Waals surface area contributed by atoms with Crippen LogP contribution in [0.25, 0.3) is 0 Å². The van der Waals surface area contributed by atoms with Gasteiger partial charge in [0.05, 0.1) is 5.92 Å². The number of rotatable bonds is 1. The molecule has 0 bridgehead atoms. The zero-order valence-electron chi connectivity index (χ0n) is 9.11. The van der Waals surface area contributed by atoms with Crippen LogP contribution in [0.5, 0.6) is 0 Å². The summed E-state index contributed by atoms with van der Waals surface area (Å²) in [5.41, 5.74) is 5.41. The number of nitrogen functional groups attached to an aromatic ring is 1.